The average molecular weight is 325 g/mol. The molecule has 2 aromatic rings. The lowest BCUT2D eigenvalue weighted by Crippen LogP contribution is -2.15. The van der Waals surface area contributed by atoms with E-state index >= 15 is 0 Å². The maximum Gasteiger partial charge on any atom is 0.416 e. The molecule has 4 nitrogen and oxygen atoms in total. The molecule has 0 aliphatic rings. The number of aromatic nitrogens is 2. The van der Waals surface area contributed by atoms with E-state index in [4.69, 9.17) is 0 Å². The molecule has 124 valence electrons. The molecule has 1 heterocycles. The Balaban J connectivity index is 2.04. The minimum Gasteiger partial charge on any atom is -0.309 e. The molecule has 23 heavy (non-hydrogen) atoms. The van der Waals surface area contributed by atoms with Gasteiger partial charge in [-0.15, -0.1) is 0 Å². The zero-order chi connectivity index (χ0) is 17.0. The van der Waals surface area contributed by atoms with Crippen LogP contribution in [-0.2, 0) is 23.9 Å². The van der Waals surface area contributed by atoms with Gasteiger partial charge in [-0.1, -0.05) is 25.1 Å². The minimum atomic E-state index is -4.41. The second-order valence-electron chi connectivity index (χ2n) is 5.32. The van der Waals surface area contributed by atoms with Gasteiger partial charge in [-0.2, -0.15) is 18.3 Å². The lowest BCUT2D eigenvalue weighted by Gasteiger charge is -2.08. The summed E-state index contributed by atoms with van der Waals surface area (Å²) in [5, 5.41) is 6.86. The Bertz CT molecular complexity index is 692. The Kier molecular flexibility index (Phi) is 5.08. The van der Waals surface area contributed by atoms with Crippen molar-refractivity contribution >= 4 is 11.7 Å². The van der Waals surface area contributed by atoms with Crippen molar-refractivity contribution in [2.24, 2.45) is 0 Å². The van der Waals surface area contributed by atoms with E-state index < -0.39 is 17.6 Å². The Hall–Kier alpha value is -2.31. The number of carbonyl (C=O) groups excluding carboxylic acids is 1. The summed E-state index contributed by atoms with van der Waals surface area (Å²) >= 11 is 0. The zero-order valence-corrected chi connectivity index (χ0v) is 12.9. The molecule has 0 aliphatic carbocycles. The molecule has 0 unspecified atom stereocenters. The Morgan fingerprint density at radius 1 is 1.30 bits per heavy atom. The third-order valence-electron chi connectivity index (χ3n) is 3.30. The number of benzene rings is 1. The van der Waals surface area contributed by atoms with Crippen molar-refractivity contribution in [2.75, 3.05) is 5.32 Å². The van der Waals surface area contributed by atoms with Crippen LogP contribution < -0.4 is 5.32 Å². The maximum absolute atomic E-state index is 12.7. The van der Waals surface area contributed by atoms with Crippen LogP contribution in [0, 0.1) is 6.92 Å². The number of rotatable bonds is 5. The van der Waals surface area contributed by atoms with Gasteiger partial charge in [-0.05, 0) is 25.0 Å². The van der Waals surface area contributed by atoms with Crippen molar-refractivity contribution in [3.63, 3.8) is 0 Å². The topological polar surface area (TPSA) is 46.9 Å². The molecule has 1 aromatic heterocycles. The summed E-state index contributed by atoms with van der Waals surface area (Å²) in [6.07, 6.45) is -3.63. The monoisotopic (exact) mass is 325 g/mol. The van der Waals surface area contributed by atoms with Gasteiger partial charge >= 0.3 is 6.18 Å². The Morgan fingerprint density at radius 2 is 2.04 bits per heavy atom. The van der Waals surface area contributed by atoms with Gasteiger partial charge in [0.05, 0.1) is 12.0 Å². The summed E-state index contributed by atoms with van der Waals surface area (Å²) in [4.78, 5) is 12.0. The number of aryl methyl sites for hydroxylation is 2. The second kappa shape index (κ2) is 6.85. The molecule has 0 radical (unpaired) electrons. The molecule has 0 spiro atoms. The van der Waals surface area contributed by atoms with Crippen LogP contribution in [-0.4, -0.2) is 15.7 Å². The van der Waals surface area contributed by atoms with Gasteiger partial charge in [0.25, 0.3) is 0 Å². The number of hydrogen-bond donors (Lipinski definition) is 1. The highest BCUT2D eigenvalue weighted by Crippen LogP contribution is 2.29. The summed E-state index contributed by atoms with van der Waals surface area (Å²) in [7, 11) is 0. The molecule has 1 amide bonds. The molecule has 0 aliphatic heterocycles. The van der Waals surface area contributed by atoms with Crippen molar-refractivity contribution in [3.05, 3.63) is 47.2 Å². The van der Waals surface area contributed by atoms with Crippen molar-refractivity contribution < 1.29 is 18.0 Å². The van der Waals surface area contributed by atoms with Gasteiger partial charge in [-0.25, -0.2) is 0 Å². The second-order valence-corrected chi connectivity index (χ2v) is 5.32. The highest BCUT2D eigenvalue weighted by molar-refractivity contribution is 5.91. The molecule has 7 heteroatoms. The van der Waals surface area contributed by atoms with E-state index in [1.54, 1.807) is 10.7 Å². The summed E-state index contributed by atoms with van der Waals surface area (Å²) in [6, 6.07) is 6.50. The number of nitrogens with one attached hydrogen (secondary N) is 1. The zero-order valence-electron chi connectivity index (χ0n) is 12.9. The lowest BCUT2D eigenvalue weighted by molar-refractivity contribution is -0.137. The standard InChI is InChI=1S/C16H18F3N3O/c1-3-7-22-11(2)8-14(21-22)20-15(23)10-12-5-4-6-13(9-12)16(17,18)19/h4-6,8-9H,3,7,10H2,1-2H3,(H,20,21,23). The van der Waals surface area contributed by atoms with E-state index in [0.717, 1.165) is 30.8 Å². The van der Waals surface area contributed by atoms with Crippen LogP contribution in [0.4, 0.5) is 19.0 Å². The van der Waals surface area contributed by atoms with Crippen LogP contribution >= 0.6 is 0 Å². The smallest absolute Gasteiger partial charge is 0.309 e. The molecule has 0 atom stereocenters. The summed E-state index contributed by atoms with van der Waals surface area (Å²) in [5.74, 6) is 0.0124. The normalized spacial score (nSPS) is 11.5. The van der Waals surface area contributed by atoms with Gasteiger partial charge in [-0.3, -0.25) is 9.48 Å². The van der Waals surface area contributed by atoms with Gasteiger partial charge in [0, 0.05) is 18.3 Å². The quantitative estimate of drug-likeness (QED) is 0.909. The van der Waals surface area contributed by atoms with E-state index in [-0.39, 0.29) is 6.42 Å². The number of anilines is 1. The molecule has 0 saturated heterocycles. The summed E-state index contributed by atoms with van der Waals surface area (Å²) < 4.78 is 39.8. The van der Waals surface area contributed by atoms with E-state index in [2.05, 4.69) is 10.4 Å². The van der Waals surface area contributed by atoms with Gasteiger partial charge in [0.15, 0.2) is 5.82 Å². The van der Waals surface area contributed by atoms with Crippen LogP contribution in [0.15, 0.2) is 30.3 Å². The van der Waals surface area contributed by atoms with Crippen molar-refractivity contribution in [1.29, 1.82) is 0 Å². The first-order valence-corrected chi connectivity index (χ1v) is 7.30. The highest BCUT2D eigenvalue weighted by atomic mass is 19.4. The fourth-order valence-electron chi connectivity index (χ4n) is 2.24. The molecule has 0 saturated carbocycles. The third-order valence-corrected chi connectivity index (χ3v) is 3.30. The first kappa shape index (κ1) is 17.1. The average Bonchev–Trinajstić information content (AvgIpc) is 2.78. The minimum absolute atomic E-state index is 0.135. The lowest BCUT2D eigenvalue weighted by atomic mass is 10.1. The first-order chi connectivity index (χ1) is 10.8. The van der Waals surface area contributed by atoms with Crippen LogP contribution in [0.2, 0.25) is 0 Å². The van der Waals surface area contributed by atoms with Crippen molar-refractivity contribution in [3.8, 4) is 0 Å². The molecular formula is C16H18F3N3O. The maximum atomic E-state index is 12.7. The van der Waals surface area contributed by atoms with E-state index in [9.17, 15) is 18.0 Å². The largest absolute Gasteiger partial charge is 0.416 e. The molecule has 1 aromatic carbocycles. The first-order valence-electron chi connectivity index (χ1n) is 7.30. The third kappa shape index (κ3) is 4.58. The number of amides is 1. The Labute approximate surface area is 132 Å². The van der Waals surface area contributed by atoms with E-state index in [1.807, 2.05) is 13.8 Å². The summed E-state index contributed by atoms with van der Waals surface area (Å²) in [5.41, 5.74) is 0.467. The van der Waals surface area contributed by atoms with E-state index in [0.29, 0.717) is 11.4 Å². The number of alkyl halides is 3. The number of carbonyl (C=O) groups is 1. The fraction of sp³-hybridized carbons (Fsp3) is 0.375. The summed E-state index contributed by atoms with van der Waals surface area (Å²) in [6.45, 7) is 4.65. The van der Waals surface area contributed by atoms with Gasteiger partial charge < -0.3 is 5.32 Å². The van der Waals surface area contributed by atoms with Crippen LogP contribution in [0.25, 0.3) is 0 Å². The number of hydrogen-bond acceptors (Lipinski definition) is 2. The van der Waals surface area contributed by atoms with Gasteiger partial charge in [0.1, 0.15) is 0 Å². The molecule has 0 bridgehead atoms. The predicted octanol–water partition coefficient (Wildman–Crippen LogP) is 3.80. The van der Waals surface area contributed by atoms with Crippen molar-refractivity contribution in [1.82, 2.24) is 9.78 Å². The SMILES string of the molecule is CCCn1nc(NC(=O)Cc2cccc(C(F)(F)F)c2)cc1C. The molecule has 0 fully saturated rings. The highest BCUT2D eigenvalue weighted by Gasteiger charge is 2.30. The van der Waals surface area contributed by atoms with Crippen LogP contribution in [0.3, 0.4) is 0 Å². The van der Waals surface area contributed by atoms with Crippen LogP contribution in [0.1, 0.15) is 30.2 Å². The number of nitrogens with zero attached hydrogens (tertiary/aromatic N) is 2. The predicted molar refractivity (Wildman–Crippen MR) is 81.0 cm³/mol. The Morgan fingerprint density at radius 3 is 2.70 bits per heavy atom. The van der Waals surface area contributed by atoms with Crippen molar-refractivity contribution in [2.45, 2.75) is 39.4 Å². The van der Waals surface area contributed by atoms with E-state index in [1.165, 1.54) is 12.1 Å². The number of halogens is 3. The molecule has 1 N–H and O–H groups in total. The van der Waals surface area contributed by atoms with Crippen LogP contribution in [0.5, 0.6) is 0 Å². The molecule has 2 rings (SSSR count). The molecular weight excluding hydrogens is 307 g/mol. The fourth-order valence-corrected chi connectivity index (χ4v) is 2.24. The van der Waals surface area contributed by atoms with Gasteiger partial charge in [0.2, 0.25) is 5.91 Å².